The summed E-state index contributed by atoms with van der Waals surface area (Å²) in [6.45, 7) is 4.43. The molecule has 0 saturated carbocycles. The third-order valence-electron chi connectivity index (χ3n) is 6.00. The summed E-state index contributed by atoms with van der Waals surface area (Å²) in [5, 5.41) is 2.21. The summed E-state index contributed by atoms with van der Waals surface area (Å²) in [6, 6.07) is 13.8. The molecule has 0 N–H and O–H groups in total. The van der Waals surface area contributed by atoms with Gasteiger partial charge in [-0.05, 0) is 41.8 Å². The summed E-state index contributed by atoms with van der Waals surface area (Å²) < 4.78 is 12.1. The van der Waals surface area contributed by atoms with Gasteiger partial charge < -0.3 is 9.47 Å². The van der Waals surface area contributed by atoms with Crippen molar-refractivity contribution in [2.75, 3.05) is 20.2 Å². The van der Waals surface area contributed by atoms with Gasteiger partial charge in [0.25, 0.3) is 0 Å². The van der Waals surface area contributed by atoms with Crippen LogP contribution in [0.15, 0.2) is 41.8 Å². The molecule has 0 bridgehead atoms. The van der Waals surface area contributed by atoms with Gasteiger partial charge in [-0.25, -0.2) is 0 Å². The summed E-state index contributed by atoms with van der Waals surface area (Å²) in [6.07, 6.45) is 5.29. The number of fused-ring (bicyclic) bond motifs is 2. The molecule has 0 amide bonds. The zero-order valence-electron chi connectivity index (χ0n) is 15.8. The first kappa shape index (κ1) is 18.2. The highest BCUT2D eigenvalue weighted by Gasteiger charge is 2.45. The van der Waals surface area contributed by atoms with Crippen LogP contribution in [0.3, 0.4) is 0 Å². The Labute approximate surface area is 160 Å². The van der Waals surface area contributed by atoms with Gasteiger partial charge in [0.2, 0.25) is 0 Å². The van der Waals surface area contributed by atoms with Gasteiger partial charge in [0, 0.05) is 37.5 Å². The van der Waals surface area contributed by atoms with Gasteiger partial charge in [-0.3, -0.25) is 4.90 Å². The molecule has 3 nitrogen and oxygen atoms in total. The largest absolute Gasteiger partial charge is 0.355 e. The van der Waals surface area contributed by atoms with E-state index >= 15 is 0 Å². The minimum Gasteiger partial charge on any atom is -0.355 e. The van der Waals surface area contributed by atoms with Crippen LogP contribution in [0.25, 0.3) is 0 Å². The highest BCUT2D eigenvalue weighted by Crippen LogP contribution is 2.46. The monoisotopic (exact) mass is 371 g/mol. The highest BCUT2D eigenvalue weighted by molar-refractivity contribution is 7.10. The van der Waals surface area contributed by atoms with E-state index in [1.807, 2.05) is 11.3 Å². The lowest BCUT2D eigenvalue weighted by Crippen LogP contribution is -2.49. The Kier molecular flexibility index (Phi) is 5.46. The number of likely N-dealkylation sites (tertiary alicyclic amines) is 1. The molecule has 1 aromatic heterocycles. The molecular weight excluding hydrogens is 342 g/mol. The van der Waals surface area contributed by atoms with Crippen LogP contribution < -0.4 is 0 Å². The Hall–Kier alpha value is -1.20. The summed E-state index contributed by atoms with van der Waals surface area (Å²) in [7, 11) is 1.76. The van der Waals surface area contributed by atoms with Gasteiger partial charge in [0.1, 0.15) is 0 Å². The molecule has 4 rings (SSSR count). The lowest BCUT2D eigenvalue weighted by molar-refractivity contribution is -0.227. The number of methoxy groups -OCH3 is 1. The van der Waals surface area contributed by atoms with E-state index in [9.17, 15) is 0 Å². The predicted molar refractivity (Wildman–Crippen MR) is 106 cm³/mol. The van der Waals surface area contributed by atoms with E-state index in [-0.39, 0.29) is 11.9 Å². The van der Waals surface area contributed by atoms with E-state index < -0.39 is 0 Å². The van der Waals surface area contributed by atoms with Crippen molar-refractivity contribution in [3.05, 3.63) is 57.8 Å². The minimum atomic E-state index is -0.155. The van der Waals surface area contributed by atoms with Crippen molar-refractivity contribution in [1.82, 2.24) is 4.90 Å². The van der Waals surface area contributed by atoms with E-state index in [2.05, 4.69) is 53.6 Å². The highest BCUT2D eigenvalue weighted by atomic mass is 32.1. The van der Waals surface area contributed by atoms with Gasteiger partial charge in [0.05, 0.1) is 5.60 Å². The fourth-order valence-electron chi connectivity index (χ4n) is 4.64. The molecule has 26 heavy (non-hydrogen) atoms. The van der Waals surface area contributed by atoms with E-state index in [1.54, 1.807) is 7.11 Å². The first-order valence-electron chi connectivity index (χ1n) is 9.82. The molecule has 2 unspecified atom stereocenters. The fraction of sp³-hybridized carbons (Fsp3) is 0.545. The Morgan fingerprint density at radius 1 is 1.23 bits per heavy atom. The van der Waals surface area contributed by atoms with Crippen LogP contribution in [-0.2, 0) is 21.5 Å². The third-order valence-corrected chi connectivity index (χ3v) is 6.94. The Morgan fingerprint density at radius 2 is 2.00 bits per heavy atom. The Morgan fingerprint density at radius 3 is 2.69 bits per heavy atom. The van der Waals surface area contributed by atoms with Gasteiger partial charge in [-0.1, -0.05) is 43.7 Å². The van der Waals surface area contributed by atoms with Crippen molar-refractivity contribution >= 4 is 11.3 Å². The first-order valence-corrected chi connectivity index (χ1v) is 10.7. The maximum Gasteiger partial charge on any atom is 0.163 e. The summed E-state index contributed by atoms with van der Waals surface area (Å²) in [4.78, 5) is 4.11. The normalized spacial score (nSPS) is 23.7. The second-order valence-corrected chi connectivity index (χ2v) is 8.49. The van der Waals surface area contributed by atoms with Gasteiger partial charge in [0.15, 0.2) is 6.29 Å². The number of hydrogen-bond donors (Lipinski definition) is 0. The number of piperidine rings is 1. The van der Waals surface area contributed by atoms with Crippen molar-refractivity contribution in [3.8, 4) is 0 Å². The molecule has 0 aliphatic carbocycles. The van der Waals surface area contributed by atoms with E-state index in [1.165, 1.54) is 28.8 Å². The Bertz CT molecular complexity index is 706. The Balaban J connectivity index is 1.53. The first-order chi connectivity index (χ1) is 12.8. The van der Waals surface area contributed by atoms with Crippen molar-refractivity contribution in [2.45, 2.75) is 57.0 Å². The van der Waals surface area contributed by atoms with Gasteiger partial charge in [-0.15, -0.1) is 11.3 Å². The van der Waals surface area contributed by atoms with E-state index in [0.29, 0.717) is 6.04 Å². The lowest BCUT2D eigenvalue weighted by Gasteiger charge is -2.47. The molecule has 1 aromatic carbocycles. The molecule has 1 fully saturated rings. The molecule has 2 aliphatic rings. The van der Waals surface area contributed by atoms with Crippen LogP contribution in [0.1, 0.15) is 54.7 Å². The number of ether oxygens (including phenoxy) is 2. The summed E-state index contributed by atoms with van der Waals surface area (Å²) in [5.41, 5.74) is 2.71. The number of nitrogens with zero attached hydrogens (tertiary/aromatic N) is 1. The zero-order valence-corrected chi connectivity index (χ0v) is 16.6. The van der Waals surface area contributed by atoms with Crippen LogP contribution >= 0.6 is 11.3 Å². The van der Waals surface area contributed by atoms with Gasteiger partial charge in [-0.2, -0.15) is 0 Å². The molecule has 3 heterocycles. The van der Waals surface area contributed by atoms with Crippen molar-refractivity contribution in [1.29, 1.82) is 0 Å². The van der Waals surface area contributed by atoms with E-state index in [4.69, 9.17) is 9.47 Å². The predicted octanol–water partition coefficient (Wildman–Crippen LogP) is 5.13. The van der Waals surface area contributed by atoms with Crippen LogP contribution in [0.2, 0.25) is 0 Å². The second-order valence-electron chi connectivity index (χ2n) is 7.49. The van der Waals surface area contributed by atoms with Crippen molar-refractivity contribution in [3.63, 3.8) is 0 Å². The zero-order chi connectivity index (χ0) is 18.0. The second kappa shape index (κ2) is 7.81. The fourth-order valence-corrected chi connectivity index (χ4v) is 5.62. The summed E-state index contributed by atoms with van der Waals surface area (Å²) >= 11 is 1.85. The number of benzene rings is 1. The average Bonchev–Trinajstić information content (AvgIpc) is 3.17. The maximum absolute atomic E-state index is 6.50. The molecule has 2 aliphatic heterocycles. The third kappa shape index (κ3) is 3.36. The number of thiophene rings is 1. The molecule has 1 saturated heterocycles. The number of hydrogen-bond acceptors (Lipinski definition) is 4. The molecular formula is C22H29NO2S. The molecule has 1 spiro atoms. The van der Waals surface area contributed by atoms with Crippen molar-refractivity contribution < 1.29 is 9.47 Å². The van der Waals surface area contributed by atoms with E-state index in [0.717, 1.165) is 32.4 Å². The SMILES string of the molecule is CCCC(c1ccccc1)N1CCC2(CC1)OC(OC)Cc1sccc12. The van der Waals surface area contributed by atoms with Crippen LogP contribution in [-0.4, -0.2) is 31.4 Å². The van der Waals surface area contributed by atoms with Gasteiger partial charge >= 0.3 is 0 Å². The molecule has 2 aromatic rings. The topological polar surface area (TPSA) is 21.7 Å². The standard InChI is InChI=1S/C22H29NO2S/c1-3-7-19(17-8-5-4-6-9-17)23-13-11-22(12-14-23)18-10-15-26-20(18)16-21(24-2)25-22/h4-6,8-10,15,19,21H,3,7,11-14,16H2,1-2H3. The van der Waals surface area contributed by atoms with Crippen LogP contribution in [0.4, 0.5) is 0 Å². The quantitative estimate of drug-likeness (QED) is 0.728. The van der Waals surface area contributed by atoms with Crippen LogP contribution in [0.5, 0.6) is 0 Å². The molecule has 2 atom stereocenters. The molecule has 140 valence electrons. The van der Waals surface area contributed by atoms with Crippen molar-refractivity contribution in [2.24, 2.45) is 0 Å². The smallest absolute Gasteiger partial charge is 0.163 e. The minimum absolute atomic E-state index is 0.103. The number of rotatable bonds is 5. The van der Waals surface area contributed by atoms with Crippen LogP contribution in [0, 0.1) is 0 Å². The summed E-state index contributed by atoms with van der Waals surface area (Å²) in [5.74, 6) is 0. The molecule has 4 heteroatoms. The molecule has 0 radical (unpaired) electrons. The lowest BCUT2D eigenvalue weighted by atomic mass is 9.81. The average molecular weight is 372 g/mol. The maximum atomic E-state index is 6.50.